The molecule has 0 aliphatic heterocycles. The van der Waals surface area contributed by atoms with Crippen LogP contribution in [0.2, 0.25) is 0 Å². The predicted molar refractivity (Wildman–Crippen MR) is 98.0 cm³/mol. The third-order valence-corrected chi connectivity index (χ3v) is 5.05. The zero-order valence-corrected chi connectivity index (χ0v) is 14.0. The van der Waals surface area contributed by atoms with Crippen LogP contribution in [0.15, 0.2) is 91.0 Å². The van der Waals surface area contributed by atoms with Gasteiger partial charge in [0.1, 0.15) is 6.61 Å². The number of carbonyl (C=O) groups excluding carboxylic acids is 1. The van der Waals surface area contributed by atoms with Gasteiger partial charge in [0, 0.05) is 5.41 Å². The first-order valence-corrected chi connectivity index (χ1v) is 8.62. The van der Waals surface area contributed by atoms with Gasteiger partial charge >= 0.3 is 5.97 Å². The standard InChI is InChI=1S/C23H20O2/c24-22(25-17-18-10-4-1-5-11-18)21-16-23(21,19-12-6-2-7-13-19)20-14-8-3-9-15-20/h1-15,21H,16-17H2/t21-/m1/s1. The van der Waals surface area contributed by atoms with Crippen LogP contribution in [-0.4, -0.2) is 5.97 Å². The molecule has 4 rings (SSSR count). The van der Waals surface area contributed by atoms with E-state index in [0.717, 1.165) is 12.0 Å². The van der Waals surface area contributed by atoms with E-state index in [1.54, 1.807) is 0 Å². The van der Waals surface area contributed by atoms with Crippen LogP contribution in [0.25, 0.3) is 0 Å². The van der Waals surface area contributed by atoms with Crippen LogP contribution >= 0.6 is 0 Å². The van der Waals surface area contributed by atoms with Crippen molar-refractivity contribution in [1.29, 1.82) is 0 Å². The van der Waals surface area contributed by atoms with Gasteiger partial charge in [0.15, 0.2) is 0 Å². The largest absolute Gasteiger partial charge is 0.461 e. The van der Waals surface area contributed by atoms with Crippen LogP contribution in [0.5, 0.6) is 0 Å². The van der Waals surface area contributed by atoms with E-state index in [1.165, 1.54) is 11.1 Å². The summed E-state index contributed by atoms with van der Waals surface area (Å²) in [5.74, 6) is -0.238. The Kier molecular flexibility index (Phi) is 4.10. The number of hydrogen-bond donors (Lipinski definition) is 0. The molecule has 1 saturated carbocycles. The van der Waals surface area contributed by atoms with Crippen molar-refractivity contribution in [1.82, 2.24) is 0 Å². The molecule has 0 bridgehead atoms. The number of benzene rings is 3. The second-order valence-electron chi connectivity index (χ2n) is 6.55. The summed E-state index contributed by atoms with van der Waals surface area (Å²) in [6, 6.07) is 30.4. The van der Waals surface area contributed by atoms with Crippen LogP contribution in [0.1, 0.15) is 23.1 Å². The first-order valence-electron chi connectivity index (χ1n) is 8.62. The molecule has 1 fully saturated rings. The molecule has 0 aromatic heterocycles. The van der Waals surface area contributed by atoms with Gasteiger partial charge in [0.2, 0.25) is 0 Å². The Morgan fingerprint density at radius 2 is 1.28 bits per heavy atom. The van der Waals surface area contributed by atoms with Crippen molar-refractivity contribution >= 4 is 5.97 Å². The summed E-state index contributed by atoms with van der Waals surface area (Å²) in [5, 5.41) is 0. The second kappa shape index (κ2) is 6.56. The average molecular weight is 328 g/mol. The molecule has 0 unspecified atom stereocenters. The number of rotatable bonds is 5. The Morgan fingerprint density at radius 1 is 0.800 bits per heavy atom. The van der Waals surface area contributed by atoms with Crippen molar-refractivity contribution in [2.45, 2.75) is 18.4 Å². The molecule has 2 nitrogen and oxygen atoms in total. The van der Waals surface area contributed by atoms with Crippen molar-refractivity contribution in [3.05, 3.63) is 108 Å². The lowest BCUT2D eigenvalue weighted by molar-refractivity contribution is -0.146. The number of ether oxygens (including phenoxy) is 1. The van der Waals surface area contributed by atoms with Crippen LogP contribution in [0.3, 0.4) is 0 Å². The normalized spacial score (nSPS) is 17.7. The SMILES string of the molecule is O=C(OCc1ccccc1)[C@H]1CC1(c1ccccc1)c1ccccc1. The maximum Gasteiger partial charge on any atom is 0.310 e. The van der Waals surface area contributed by atoms with Crippen molar-refractivity contribution in [2.24, 2.45) is 5.92 Å². The molecule has 0 amide bonds. The van der Waals surface area contributed by atoms with Crippen LogP contribution in [0.4, 0.5) is 0 Å². The molecule has 1 atom stereocenters. The van der Waals surface area contributed by atoms with E-state index >= 15 is 0 Å². The molecule has 2 heteroatoms. The van der Waals surface area contributed by atoms with Gasteiger partial charge in [-0.15, -0.1) is 0 Å². The Bertz CT molecular complexity index is 802. The highest BCUT2D eigenvalue weighted by atomic mass is 16.5. The minimum atomic E-state index is -0.254. The Labute approximate surface area is 148 Å². The molecule has 3 aromatic carbocycles. The van der Waals surface area contributed by atoms with Crippen molar-refractivity contribution < 1.29 is 9.53 Å². The predicted octanol–water partition coefficient (Wildman–Crippen LogP) is 4.74. The van der Waals surface area contributed by atoms with Crippen LogP contribution in [0, 0.1) is 5.92 Å². The molecule has 25 heavy (non-hydrogen) atoms. The van der Waals surface area contributed by atoms with Gasteiger partial charge in [-0.25, -0.2) is 0 Å². The van der Waals surface area contributed by atoms with Gasteiger partial charge in [0.05, 0.1) is 5.92 Å². The minimum absolute atomic E-state index is 0.114. The lowest BCUT2D eigenvalue weighted by Gasteiger charge is -2.18. The summed E-state index contributed by atoms with van der Waals surface area (Å²) >= 11 is 0. The minimum Gasteiger partial charge on any atom is -0.461 e. The highest BCUT2D eigenvalue weighted by Gasteiger charge is 2.61. The van der Waals surface area contributed by atoms with Gasteiger partial charge in [0.25, 0.3) is 0 Å². The second-order valence-corrected chi connectivity index (χ2v) is 6.55. The summed E-state index contributed by atoms with van der Waals surface area (Å²) in [6.45, 7) is 0.329. The van der Waals surface area contributed by atoms with Crippen LogP contribution < -0.4 is 0 Å². The smallest absolute Gasteiger partial charge is 0.310 e. The molecular formula is C23H20O2. The quantitative estimate of drug-likeness (QED) is 0.633. The van der Waals surface area contributed by atoms with E-state index < -0.39 is 0 Å². The van der Waals surface area contributed by atoms with E-state index in [2.05, 4.69) is 24.3 Å². The van der Waals surface area contributed by atoms with Gasteiger partial charge in [-0.1, -0.05) is 91.0 Å². The van der Waals surface area contributed by atoms with Crippen LogP contribution in [-0.2, 0) is 21.6 Å². The highest BCUT2D eigenvalue weighted by molar-refractivity contribution is 5.81. The third kappa shape index (κ3) is 2.96. The molecule has 1 aliphatic carbocycles. The molecule has 0 saturated heterocycles. The molecule has 3 aromatic rings. The Morgan fingerprint density at radius 3 is 1.80 bits per heavy atom. The Balaban J connectivity index is 1.57. The molecular weight excluding hydrogens is 308 g/mol. The first kappa shape index (κ1) is 15.6. The highest BCUT2D eigenvalue weighted by Crippen LogP contribution is 2.59. The topological polar surface area (TPSA) is 26.3 Å². The van der Waals surface area contributed by atoms with E-state index in [-0.39, 0.29) is 17.3 Å². The van der Waals surface area contributed by atoms with E-state index in [4.69, 9.17) is 4.74 Å². The monoisotopic (exact) mass is 328 g/mol. The maximum absolute atomic E-state index is 12.7. The maximum atomic E-state index is 12.7. The molecule has 0 radical (unpaired) electrons. The summed E-state index contributed by atoms with van der Waals surface area (Å²) in [4.78, 5) is 12.7. The van der Waals surface area contributed by atoms with Gasteiger partial charge < -0.3 is 4.74 Å². The Hall–Kier alpha value is -2.87. The molecule has 1 aliphatic rings. The van der Waals surface area contributed by atoms with Gasteiger partial charge in [-0.05, 0) is 23.1 Å². The summed E-state index contributed by atoms with van der Waals surface area (Å²) in [5.41, 5.74) is 3.13. The summed E-state index contributed by atoms with van der Waals surface area (Å²) in [6.07, 6.45) is 0.800. The fraction of sp³-hybridized carbons (Fsp3) is 0.174. The molecule has 0 heterocycles. The van der Waals surface area contributed by atoms with E-state index in [9.17, 15) is 4.79 Å². The van der Waals surface area contributed by atoms with Gasteiger partial charge in [-0.2, -0.15) is 0 Å². The summed E-state index contributed by atoms with van der Waals surface area (Å²) < 4.78 is 5.61. The molecule has 0 spiro atoms. The van der Waals surface area contributed by atoms with Crippen molar-refractivity contribution in [3.63, 3.8) is 0 Å². The van der Waals surface area contributed by atoms with Crippen molar-refractivity contribution in [3.8, 4) is 0 Å². The lowest BCUT2D eigenvalue weighted by Crippen LogP contribution is -2.18. The average Bonchev–Trinajstić information content (AvgIpc) is 3.45. The number of carbonyl (C=O) groups is 1. The van der Waals surface area contributed by atoms with Crippen molar-refractivity contribution in [2.75, 3.05) is 0 Å². The third-order valence-electron chi connectivity index (χ3n) is 5.05. The molecule has 0 N–H and O–H groups in total. The number of esters is 1. The van der Waals surface area contributed by atoms with Gasteiger partial charge in [-0.3, -0.25) is 4.79 Å². The first-order chi connectivity index (χ1) is 12.3. The van der Waals surface area contributed by atoms with E-state index in [0.29, 0.717) is 6.61 Å². The lowest BCUT2D eigenvalue weighted by atomic mass is 9.86. The molecule has 124 valence electrons. The van der Waals surface area contributed by atoms with E-state index in [1.807, 2.05) is 66.7 Å². The zero-order chi connectivity index (χ0) is 17.1. The number of hydrogen-bond acceptors (Lipinski definition) is 2. The summed E-state index contributed by atoms with van der Waals surface area (Å²) in [7, 11) is 0. The zero-order valence-electron chi connectivity index (χ0n) is 14.0. The fourth-order valence-electron chi connectivity index (χ4n) is 3.65. The fourth-order valence-corrected chi connectivity index (χ4v) is 3.65.